The van der Waals surface area contributed by atoms with E-state index in [9.17, 15) is 0 Å². The zero-order chi connectivity index (χ0) is 12.9. The van der Waals surface area contributed by atoms with Gasteiger partial charge >= 0.3 is 0 Å². The molecule has 1 heteroatoms. The lowest BCUT2D eigenvalue weighted by molar-refractivity contribution is 0.414. The van der Waals surface area contributed by atoms with Crippen molar-refractivity contribution >= 4 is 15.9 Å². The van der Waals surface area contributed by atoms with E-state index in [1.165, 1.54) is 26.7 Å². The Morgan fingerprint density at radius 1 is 0.944 bits per heavy atom. The van der Waals surface area contributed by atoms with Gasteiger partial charge in [0.15, 0.2) is 0 Å². The standard InChI is InChI=1S/C17H17Br/c1-11(2)17(3)15-7-5-4-6-13(15)14-9-8-12(18)10-16(14)17/h4-11H,1-3H3. The van der Waals surface area contributed by atoms with E-state index in [4.69, 9.17) is 0 Å². The van der Waals surface area contributed by atoms with Crippen molar-refractivity contribution in [3.63, 3.8) is 0 Å². The largest absolute Gasteiger partial charge is 0.0619 e. The predicted molar refractivity (Wildman–Crippen MR) is 80.9 cm³/mol. The molecule has 0 aliphatic heterocycles. The third-order valence-corrected chi connectivity index (χ3v) is 4.97. The zero-order valence-electron chi connectivity index (χ0n) is 11.0. The van der Waals surface area contributed by atoms with Crippen molar-refractivity contribution in [1.29, 1.82) is 0 Å². The summed E-state index contributed by atoms with van der Waals surface area (Å²) in [5, 5.41) is 0. The van der Waals surface area contributed by atoms with Crippen molar-refractivity contribution in [2.24, 2.45) is 5.92 Å². The molecule has 0 fully saturated rings. The van der Waals surface area contributed by atoms with Crippen molar-refractivity contribution < 1.29 is 0 Å². The molecule has 0 amide bonds. The van der Waals surface area contributed by atoms with Gasteiger partial charge in [-0.25, -0.2) is 0 Å². The molecule has 0 saturated heterocycles. The molecule has 18 heavy (non-hydrogen) atoms. The molecule has 0 nitrogen and oxygen atoms in total. The Balaban J connectivity index is 2.39. The van der Waals surface area contributed by atoms with Crippen LogP contribution in [0.1, 0.15) is 31.9 Å². The summed E-state index contributed by atoms with van der Waals surface area (Å²) in [4.78, 5) is 0. The maximum atomic E-state index is 3.61. The smallest absolute Gasteiger partial charge is 0.0210 e. The van der Waals surface area contributed by atoms with Crippen LogP contribution in [-0.4, -0.2) is 0 Å². The SMILES string of the molecule is CC(C)C1(C)c2ccccc2-c2ccc(Br)cc21. The Bertz CT molecular complexity index is 613. The van der Waals surface area contributed by atoms with Crippen molar-refractivity contribution in [3.8, 4) is 11.1 Å². The van der Waals surface area contributed by atoms with E-state index in [2.05, 4.69) is 79.2 Å². The molecule has 0 aromatic heterocycles. The van der Waals surface area contributed by atoms with Crippen molar-refractivity contribution in [3.05, 3.63) is 58.1 Å². The minimum Gasteiger partial charge on any atom is -0.0619 e. The molecule has 0 bridgehead atoms. The number of hydrogen-bond donors (Lipinski definition) is 0. The summed E-state index contributed by atoms with van der Waals surface area (Å²) in [5.74, 6) is 0.578. The fourth-order valence-corrected chi connectivity index (χ4v) is 3.48. The second-order valence-corrected chi connectivity index (χ2v) is 6.51. The Morgan fingerprint density at radius 3 is 2.33 bits per heavy atom. The highest BCUT2D eigenvalue weighted by atomic mass is 79.9. The number of benzene rings is 2. The van der Waals surface area contributed by atoms with E-state index in [1.54, 1.807) is 0 Å². The minimum atomic E-state index is 0.121. The molecule has 1 aliphatic carbocycles. The lowest BCUT2D eigenvalue weighted by Gasteiger charge is -2.32. The molecule has 1 aliphatic rings. The summed E-state index contributed by atoms with van der Waals surface area (Å²) in [6.07, 6.45) is 0. The molecule has 0 spiro atoms. The number of halogens is 1. The van der Waals surface area contributed by atoms with E-state index in [-0.39, 0.29) is 5.41 Å². The molecule has 2 aromatic carbocycles. The van der Waals surface area contributed by atoms with Gasteiger partial charge in [0, 0.05) is 9.89 Å². The van der Waals surface area contributed by atoms with Gasteiger partial charge in [-0.1, -0.05) is 67.0 Å². The zero-order valence-corrected chi connectivity index (χ0v) is 12.6. The first kappa shape index (κ1) is 12.0. The fourth-order valence-electron chi connectivity index (χ4n) is 3.12. The Kier molecular flexibility index (Phi) is 2.63. The fraction of sp³-hybridized carbons (Fsp3) is 0.294. The minimum absolute atomic E-state index is 0.121. The molecule has 2 aromatic rings. The van der Waals surface area contributed by atoms with E-state index in [0.717, 1.165) is 0 Å². The van der Waals surface area contributed by atoms with Gasteiger partial charge in [-0.3, -0.25) is 0 Å². The highest BCUT2D eigenvalue weighted by Crippen LogP contribution is 2.52. The van der Waals surface area contributed by atoms with Gasteiger partial charge in [-0.15, -0.1) is 0 Å². The van der Waals surface area contributed by atoms with Crippen LogP contribution in [0.15, 0.2) is 46.9 Å². The number of hydrogen-bond acceptors (Lipinski definition) is 0. The quantitative estimate of drug-likeness (QED) is 0.662. The van der Waals surface area contributed by atoms with Crippen LogP contribution in [0.5, 0.6) is 0 Å². The first-order valence-corrected chi connectivity index (χ1v) is 7.24. The summed E-state index contributed by atoms with van der Waals surface area (Å²) < 4.78 is 1.17. The average Bonchev–Trinajstić information content (AvgIpc) is 2.61. The van der Waals surface area contributed by atoms with E-state index in [0.29, 0.717) is 5.92 Å². The Labute approximate surface area is 117 Å². The second kappa shape index (κ2) is 3.96. The molecule has 0 N–H and O–H groups in total. The maximum Gasteiger partial charge on any atom is 0.0210 e. The van der Waals surface area contributed by atoms with Crippen LogP contribution in [0.2, 0.25) is 0 Å². The lowest BCUT2D eigenvalue weighted by atomic mass is 9.71. The van der Waals surface area contributed by atoms with Gasteiger partial charge in [0.25, 0.3) is 0 Å². The Hall–Kier alpha value is -1.08. The van der Waals surface area contributed by atoms with Gasteiger partial charge in [-0.05, 0) is 40.3 Å². The van der Waals surface area contributed by atoms with Crippen LogP contribution >= 0.6 is 15.9 Å². The summed E-state index contributed by atoms with van der Waals surface area (Å²) in [5.41, 5.74) is 5.83. The first-order chi connectivity index (χ1) is 8.55. The number of fused-ring (bicyclic) bond motifs is 3. The molecule has 1 atom stereocenters. The molecule has 0 saturated carbocycles. The molecule has 3 rings (SSSR count). The van der Waals surface area contributed by atoms with Crippen LogP contribution in [0.3, 0.4) is 0 Å². The van der Waals surface area contributed by atoms with Crippen molar-refractivity contribution in [1.82, 2.24) is 0 Å². The highest BCUT2D eigenvalue weighted by molar-refractivity contribution is 9.10. The highest BCUT2D eigenvalue weighted by Gasteiger charge is 2.41. The third-order valence-electron chi connectivity index (χ3n) is 4.47. The van der Waals surface area contributed by atoms with Gasteiger partial charge < -0.3 is 0 Å². The summed E-state index contributed by atoms with van der Waals surface area (Å²) in [6, 6.07) is 15.5. The molecule has 1 unspecified atom stereocenters. The van der Waals surface area contributed by atoms with Gasteiger partial charge in [0.1, 0.15) is 0 Å². The molecule has 0 heterocycles. The second-order valence-electron chi connectivity index (χ2n) is 5.59. The average molecular weight is 301 g/mol. The molecule has 0 radical (unpaired) electrons. The lowest BCUT2D eigenvalue weighted by Crippen LogP contribution is -2.27. The molecular formula is C17H17Br. The van der Waals surface area contributed by atoms with Crippen molar-refractivity contribution in [2.45, 2.75) is 26.2 Å². The van der Waals surface area contributed by atoms with Crippen LogP contribution in [0, 0.1) is 5.92 Å². The van der Waals surface area contributed by atoms with Gasteiger partial charge in [-0.2, -0.15) is 0 Å². The van der Waals surface area contributed by atoms with Crippen LogP contribution in [0.4, 0.5) is 0 Å². The predicted octanol–water partition coefficient (Wildman–Crippen LogP) is 5.39. The van der Waals surface area contributed by atoms with Gasteiger partial charge in [0.05, 0.1) is 0 Å². The number of rotatable bonds is 1. The third kappa shape index (κ3) is 1.43. The summed E-state index contributed by atoms with van der Waals surface area (Å²) >= 11 is 3.61. The van der Waals surface area contributed by atoms with E-state index in [1.807, 2.05) is 0 Å². The molecular weight excluding hydrogens is 284 g/mol. The normalized spacial score (nSPS) is 20.9. The first-order valence-electron chi connectivity index (χ1n) is 6.45. The summed E-state index contributed by atoms with van der Waals surface area (Å²) in [6.45, 7) is 6.99. The van der Waals surface area contributed by atoms with E-state index >= 15 is 0 Å². The molecule has 92 valence electrons. The van der Waals surface area contributed by atoms with Crippen LogP contribution < -0.4 is 0 Å². The Morgan fingerprint density at radius 2 is 1.61 bits per heavy atom. The van der Waals surface area contributed by atoms with Crippen LogP contribution in [-0.2, 0) is 5.41 Å². The summed E-state index contributed by atoms with van der Waals surface area (Å²) in [7, 11) is 0. The van der Waals surface area contributed by atoms with Gasteiger partial charge in [0.2, 0.25) is 0 Å². The topological polar surface area (TPSA) is 0 Å². The maximum absolute atomic E-state index is 3.61. The monoisotopic (exact) mass is 300 g/mol. The van der Waals surface area contributed by atoms with E-state index < -0.39 is 0 Å². The van der Waals surface area contributed by atoms with Crippen molar-refractivity contribution in [2.75, 3.05) is 0 Å². The van der Waals surface area contributed by atoms with Crippen LogP contribution in [0.25, 0.3) is 11.1 Å².